The van der Waals surface area contributed by atoms with Gasteiger partial charge in [-0.1, -0.05) is 29.3 Å². The summed E-state index contributed by atoms with van der Waals surface area (Å²) >= 11 is 13.1. The lowest BCUT2D eigenvalue weighted by Gasteiger charge is -2.18. The first kappa shape index (κ1) is 13.7. The number of carbonyl (C=O) groups is 1. The number of benzene rings is 1. The summed E-state index contributed by atoms with van der Waals surface area (Å²) in [7, 11) is 0. The summed E-state index contributed by atoms with van der Waals surface area (Å²) in [5, 5.41) is 10.1. The average Bonchev–Trinajstić information content (AvgIpc) is 2.16. The van der Waals surface area contributed by atoms with Gasteiger partial charge >= 0.3 is 5.97 Å². The molecule has 5 heteroatoms. The standard InChI is InChI=1S/C11H12Cl2O2S/c1-11(2,10(14)15)16-6-7-3-4-8(12)5-9(7)13/h3-5H,6H2,1-2H3,(H,14,15). The van der Waals surface area contributed by atoms with Crippen LogP contribution in [0, 0.1) is 0 Å². The lowest BCUT2D eigenvalue weighted by molar-refractivity contribution is -0.138. The van der Waals surface area contributed by atoms with Crippen LogP contribution < -0.4 is 0 Å². The predicted octanol–water partition coefficient (Wildman–Crippen LogP) is 4.09. The summed E-state index contributed by atoms with van der Waals surface area (Å²) in [4.78, 5) is 10.9. The van der Waals surface area contributed by atoms with E-state index in [9.17, 15) is 4.79 Å². The SMILES string of the molecule is CC(C)(SCc1ccc(Cl)cc1Cl)C(=O)O. The maximum absolute atomic E-state index is 10.9. The molecular formula is C11H12Cl2O2S. The number of hydrogen-bond donors (Lipinski definition) is 1. The fourth-order valence-electron chi connectivity index (χ4n) is 0.959. The molecule has 1 rings (SSSR count). The van der Waals surface area contributed by atoms with Gasteiger partial charge in [-0.25, -0.2) is 0 Å². The highest BCUT2D eigenvalue weighted by Crippen LogP contribution is 2.31. The Morgan fingerprint density at radius 3 is 2.56 bits per heavy atom. The van der Waals surface area contributed by atoms with Crippen molar-refractivity contribution >= 4 is 40.9 Å². The normalized spacial score (nSPS) is 11.5. The molecule has 0 saturated carbocycles. The van der Waals surface area contributed by atoms with Crippen LogP contribution in [-0.4, -0.2) is 15.8 Å². The second-order valence-electron chi connectivity index (χ2n) is 3.84. The van der Waals surface area contributed by atoms with Crippen LogP contribution in [0.3, 0.4) is 0 Å². The molecule has 2 nitrogen and oxygen atoms in total. The topological polar surface area (TPSA) is 37.3 Å². The minimum atomic E-state index is -0.831. The zero-order valence-corrected chi connectivity index (χ0v) is 11.3. The molecule has 0 aliphatic rings. The molecule has 1 N–H and O–H groups in total. The molecule has 0 saturated heterocycles. The molecule has 0 radical (unpaired) electrons. The third-order valence-corrected chi connectivity index (χ3v) is 4.06. The van der Waals surface area contributed by atoms with E-state index in [0.29, 0.717) is 15.8 Å². The third-order valence-electron chi connectivity index (χ3n) is 2.12. The van der Waals surface area contributed by atoms with Crippen molar-refractivity contribution in [2.75, 3.05) is 0 Å². The highest BCUT2D eigenvalue weighted by molar-refractivity contribution is 8.00. The zero-order valence-electron chi connectivity index (χ0n) is 8.96. The van der Waals surface area contributed by atoms with Gasteiger partial charge in [0.25, 0.3) is 0 Å². The molecule has 0 spiro atoms. The van der Waals surface area contributed by atoms with E-state index in [4.69, 9.17) is 28.3 Å². The number of rotatable bonds is 4. The number of aliphatic carboxylic acids is 1. The minimum Gasteiger partial charge on any atom is -0.480 e. The van der Waals surface area contributed by atoms with Crippen LogP contribution in [0.25, 0.3) is 0 Å². The predicted molar refractivity (Wildman–Crippen MR) is 69.5 cm³/mol. The van der Waals surface area contributed by atoms with Crippen molar-refractivity contribution in [1.82, 2.24) is 0 Å². The lowest BCUT2D eigenvalue weighted by Crippen LogP contribution is -2.27. The highest BCUT2D eigenvalue weighted by atomic mass is 35.5. The lowest BCUT2D eigenvalue weighted by atomic mass is 10.2. The van der Waals surface area contributed by atoms with Gasteiger partial charge in [-0.3, -0.25) is 4.79 Å². The van der Waals surface area contributed by atoms with Gasteiger partial charge in [-0.2, -0.15) is 0 Å². The zero-order chi connectivity index (χ0) is 12.3. The summed E-state index contributed by atoms with van der Waals surface area (Å²) in [6.07, 6.45) is 0. The maximum Gasteiger partial charge on any atom is 0.319 e. The summed E-state index contributed by atoms with van der Waals surface area (Å²) in [6, 6.07) is 5.22. The molecule has 0 heterocycles. The Bertz CT molecular complexity index is 405. The Kier molecular flexibility index (Phi) is 4.53. The molecule has 88 valence electrons. The molecule has 0 fully saturated rings. The first-order valence-corrected chi connectivity index (χ1v) is 6.38. The second kappa shape index (κ2) is 5.30. The van der Waals surface area contributed by atoms with Crippen LogP contribution in [-0.2, 0) is 10.5 Å². The van der Waals surface area contributed by atoms with Crippen molar-refractivity contribution < 1.29 is 9.90 Å². The molecule has 16 heavy (non-hydrogen) atoms. The number of halogens is 2. The van der Waals surface area contributed by atoms with Gasteiger partial charge in [0.2, 0.25) is 0 Å². The highest BCUT2D eigenvalue weighted by Gasteiger charge is 2.27. The van der Waals surface area contributed by atoms with Crippen LogP contribution in [0.2, 0.25) is 10.0 Å². The first-order chi connectivity index (χ1) is 7.33. The average molecular weight is 279 g/mol. The molecule has 0 bridgehead atoms. The van der Waals surface area contributed by atoms with Gasteiger partial charge in [-0.15, -0.1) is 11.8 Å². The molecule has 0 atom stereocenters. The van der Waals surface area contributed by atoms with E-state index in [1.807, 2.05) is 6.07 Å². The van der Waals surface area contributed by atoms with Gasteiger partial charge in [0, 0.05) is 15.8 Å². The van der Waals surface area contributed by atoms with E-state index >= 15 is 0 Å². The van der Waals surface area contributed by atoms with Crippen LogP contribution >= 0.6 is 35.0 Å². The molecule has 1 aromatic carbocycles. The van der Waals surface area contributed by atoms with E-state index in [0.717, 1.165) is 5.56 Å². The molecule has 0 aliphatic heterocycles. The van der Waals surface area contributed by atoms with E-state index in [1.54, 1.807) is 26.0 Å². The summed E-state index contributed by atoms with van der Waals surface area (Å²) in [5.41, 5.74) is 0.894. The minimum absolute atomic E-state index is 0.551. The van der Waals surface area contributed by atoms with Gasteiger partial charge in [0.1, 0.15) is 4.75 Å². The Labute approximate surface area is 109 Å². The quantitative estimate of drug-likeness (QED) is 0.902. The summed E-state index contributed by atoms with van der Waals surface area (Å²) in [6.45, 7) is 3.34. The van der Waals surface area contributed by atoms with Crippen LogP contribution in [0.5, 0.6) is 0 Å². The monoisotopic (exact) mass is 278 g/mol. The van der Waals surface area contributed by atoms with Crippen molar-refractivity contribution in [2.24, 2.45) is 0 Å². The Balaban J connectivity index is 2.72. The van der Waals surface area contributed by atoms with Gasteiger partial charge in [0.15, 0.2) is 0 Å². The first-order valence-electron chi connectivity index (χ1n) is 4.64. The smallest absolute Gasteiger partial charge is 0.319 e. The van der Waals surface area contributed by atoms with Crippen molar-refractivity contribution in [3.05, 3.63) is 33.8 Å². The number of carboxylic acid groups (broad SMARTS) is 1. The molecule has 1 aromatic rings. The number of thioether (sulfide) groups is 1. The Hall–Kier alpha value is -0.380. The Morgan fingerprint density at radius 1 is 1.44 bits per heavy atom. The number of carboxylic acids is 1. The van der Waals surface area contributed by atoms with E-state index < -0.39 is 10.7 Å². The fourth-order valence-corrected chi connectivity index (χ4v) is 2.40. The molecule has 0 aromatic heterocycles. The van der Waals surface area contributed by atoms with Gasteiger partial charge in [-0.05, 0) is 31.5 Å². The van der Waals surface area contributed by atoms with Crippen LogP contribution in [0.4, 0.5) is 0 Å². The molecule has 0 aliphatic carbocycles. The fraction of sp³-hybridized carbons (Fsp3) is 0.364. The molecular weight excluding hydrogens is 267 g/mol. The molecule has 0 amide bonds. The third kappa shape index (κ3) is 3.58. The van der Waals surface area contributed by atoms with Crippen molar-refractivity contribution in [2.45, 2.75) is 24.3 Å². The van der Waals surface area contributed by atoms with Crippen LogP contribution in [0.1, 0.15) is 19.4 Å². The van der Waals surface area contributed by atoms with Crippen molar-refractivity contribution in [3.63, 3.8) is 0 Å². The number of hydrogen-bond acceptors (Lipinski definition) is 2. The van der Waals surface area contributed by atoms with Crippen LogP contribution in [0.15, 0.2) is 18.2 Å². The van der Waals surface area contributed by atoms with Gasteiger partial charge < -0.3 is 5.11 Å². The van der Waals surface area contributed by atoms with Crippen molar-refractivity contribution in [3.8, 4) is 0 Å². The van der Waals surface area contributed by atoms with Crippen molar-refractivity contribution in [1.29, 1.82) is 0 Å². The molecule has 0 unspecified atom stereocenters. The largest absolute Gasteiger partial charge is 0.480 e. The van der Waals surface area contributed by atoms with E-state index in [-0.39, 0.29) is 0 Å². The summed E-state index contributed by atoms with van der Waals surface area (Å²) in [5.74, 6) is -0.280. The second-order valence-corrected chi connectivity index (χ2v) is 6.28. The van der Waals surface area contributed by atoms with Gasteiger partial charge in [0.05, 0.1) is 0 Å². The maximum atomic E-state index is 10.9. The van der Waals surface area contributed by atoms with E-state index in [2.05, 4.69) is 0 Å². The van der Waals surface area contributed by atoms with E-state index in [1.165, 1.54) is 11.8 Å². The Morgan fingerprint density at radius 2 is 2.06 bits per heavy atom. The summed E-state index contributed by atoms with van der Waals surface area (Å²) < 4.78 is -0.817.